The number of imidazole rings is 1. The SMILES string of the molecule is CCC1(O)CC(Nc2nc(OC)c3c(-c4cc(F)c5nc(C)n(C(C)C)c5c4)ccn3n2)C1. The number of nitrogens with one attached hydrogen (secondary N) is 1. The number of rotatable bonds is 6. The zero-order valence-corrected chi connectivity index (χ0v) is 19.6. The lowest BCUT2D eigenvalue weighted by molar-refractivity contribution is -0.0442. The topological polar surface area (TPSA) is 89.5 Å². The molecule has 0 unspecified atom stereocenters. The van der Waals surface area contributed by atoms with E-state index < -0.39 is 5.60 Å². The Labute approximate surface area is 191 Å². The number of nitrogens with zero attached hydrogens (tertiary/aromatic N) is 5. The van der Waals surface area contributed by atoms with Gasteiger partial charge in [-0.1, -0.05) is 6.92 Å². The van der Waals surface area contributed by atoms with Crippen molar-refractivity contribution in [3.05, 3.63) is 36.0 Å². The molecule has 9 heteroatoms. The Morgan fingerprint density at radius 2 is 2.06 bits per heavy atom. The van der Waals surface area contributed by atoms with Crippen molar-refractivity contribution >= 4 is 22.5 Å². The van der Waals surface area contributed by atoms with E-state index in [4.69, 9.17) is 4.74 Å². The molecule has 1 aliphatic carbocycles. The maximum atomic E-state index is 15.0. The van der Waals surface area contributed by atoms with Gasteiger partial charge in [-0.25, -0.2) is 13.9 Å². The first kappa shape index (κ1) is 21.6. The predicted octanol–water partition coefficient (Wildman–Crippen LogP) is 4.50. The van der Waals surface area contributed by atoms with Crippen molar-refractivity contribution in [3.8, 4) is 17.0 Å². The molecule has 0 atom stereocenters. The maximum Gasteiger partial charge on any atom is 0.244 e. The van der Waals surface area contributed by atoms with E-state index in [1.165, 1.54) is 6.07 Å². The number of aliphatic hydroxyl groups is 1. The summed E-state index contributed by atoms with van der Waals surface area (Å²) in [5.41, 5.74) is 2.67. The fourth-order valence-electron chi connectivity index (χ4n) is 4.94. The van der Waals surface area contributed by atoms with Gasteiger partial charge in [0.2, 0.25) is 11.8 Å². The first-order valence-electron chi connectivity index (χ1n) is 11.3. The average Bonchev–Trinajstić information content (AvgIpc) is 3.32. The molecule has 1 fully saturated rings. The van der Waals surface area contributed by atoms with E-state index in [1.807, 2.05) is 36.7 Å². The van der Waals surface area contributed by atoms with Gasteiger partial charge < -0.3 is 19.7 Å². The number of aromatic nitrogens is 5. The summed E-state index contributed by atoms with van der Waals surface area (Å²) >= 11 is 0. The van der Waals surface area contributed by atoms with Crippen LogP contribution in [-0.4, -0.2) is 48.0 Å². The van der Waals surface area contributed by atoms with Crippen LogP contribution < -0.4 is 10.1 Å². The molecule has 0 amide bonds. The second-order valence-electron chi connectivity index (χ2n) is 9.24. The molecule has 5 rings (SSSR count). The minimum absolute atomic E-state index is 0.114. The standard InChI is InChI=1S/C24H29FN6O2/c1-6-24(32)11-16(12-24)27-23-28-22(33-5)21-17(7-8-30(21)29-23)15-9-18(25)20-19(10-15)31(13(2)3)14(4)26-20/h7-10,13,16,32H,6,11-12H2,1-5H3,(H,27,29). The number of methoxy groups -OCH3 is 1. The summed E-state index contributed by atoms with van der Waals surface area (Å²) in [6.07, 6.45) is 3.86. The molecule has 33 heavy (non-hydrogen) atoms. The highest BCUT2D eigenvalue weighted by Crippen LogP contribution is 2.38. The average molecular weight is 453 g/mol. The molecule has 3 aromatic heterocycles. The third-order valence-corrected chi connectivity index (χ3v) is 6.67. The Morgan fingerprint density at radius 1 is 1.30 bits per heavy atom. The number of halogens is 1. The van der Waals surface area contributed by atoms with Crippen LogP contribution in [0.4, 0.5) is 10.3 Å². The van der Waals surface area contributed by atoms with Gasteiger partial charge in [-0.3, -0.25) is 0 Å². The highest BCUT2D eigenvalue weighted by molar-refractivity contribution is 5.90. The van der Waals surface area contributed by atoms with Gasteiger partial charge in [0.05, 0.1) is 18.2 Å². The van der Waals surface area contributed by atoms with Crippen LogP contribution in [0.25, 0.3) is 27.7 Å². The van der Waals surface area contributed by atoms with Crippen molar-refractivity contribution in [2.75, 3.05) is 12.4 Å². The zero-order valence-electron chi connectivity index (χ0n) is 19.6. The molecule has 3 heterocycles. The molecule has 4 aromatic rings. The van der Waals surface area contributed by atoms with Crippen molar-refractivity contribution in [1.82, 2.24) is 24.1 Å². The normalized spacial score (nSPS) is 20.5. The summed E-state index contributed by atoms with van der Waals surface area (Å²) in [4.78, 5) is 8.98. The highest BCUT2D eigenvalue weighted by Gasteiger charge is 2.41. The first-order chi connectivity index (χ1) is 15.7. The minimum Gasteiger partial charge on any atom is -0.479 e. The Kier molecular flexibility index (Phi) is 5.04. The van der Waals surface area contributed by atoms with Crippen molar-refractivity contribution in [2.45, 2.75) is 64.6 Å². The van der Waals surface area contributed by atoms with Crippen molar-refractivity contribution < 1.29 is 14.2 Å². The van der Waals surface area contributed by atoms with Gasteiger partial charge in [-0.2, -0.15) is 4.98 Å². The molecule has 0 radical (unpaired) electrons. The monoisotopic (exact) mass is 452 g/mol. The fraction of sp³-hybridized carbons (Fsp3) is 0.458. The van der Waals surface area contributed by atoms with Crippen LogP contribution >= 0.6 is 0 Å². The molecule has 1 aliphatic rings. The summed E-state index contributed by atoms with van der Waals surface area (Å²) in [5.74, 6) is 1.24. The van der Waals surface area contributed by atoms with Gasteiger partial charge in [0.25, 0.3) is 0 Å². The predicted molar refractivity (Wildman–Crippen MR) is 125 cm³/mol. The Balaban J connectivity index is 1.57. The quantitative estimate of drug-likeness (QED) is 0.448. The molecule has 0 spiro atoms. The second-order valence-corrected chi connectivity index (χ2v) is 9.24. The second kappa shape index (κ2) is 7.69. The van der Waals surface area contributed by atoms with Crippen LogP contribution in [0.1, 0.15) is 51.9 Å². The third kappa shape index (κ3) is 3.51. The van der Waals surface area contributed by atoms with Gasteiger partial charge in [-0.05, 0) is 63.8 Å². The Morgan fingerprint density at radius 3 is 2.73 bits per heavy atom. The van der Waals surface area contributed by atoms with E-state index in [0.717, 1.165) is 23.3 Å². The first-order valence-corrected chi connectivity index (χ1v) is 11.3. The zero-order chi connectivity index (χ0) is 23.5. The van der Waals surface area contributed by atoms with Gasteiger partial charge >= 0.3 is 0 Å². The summed E-state index contributed by atoms with van der Waals surface area (Å²) in [7, 11) is 1.56. The number of hydrogen-bond acceptors (Lipinski definition) is 6. The van der Waals surface area contributed by atoms with Gasteiger partial charge in [0, 0.05) is 23.8 Å². The lowest BCUT2D eigenvalue weighted by Crippen LogP contribution is -2.50. The Hall–Kier alpha value is -3.20. The van der Waals surface area contributed by atoms with Crippen LogP contribution in [0.15, 0.2) is 24.4 Å². The van der Waals surface area contributed by atoms with Crippen LogP contribution in [-0.2, 0) is 0 Å². The van der Waals surface area contributed by atoms with E-state index in [2.05, 4.69) is 34.2 Å². The van der Waals surface area contributed by atoms with Crippen LogP contribution in [0.5, 0.6) is 5.88 Å². The van der Waals surface area contributed by atoms with Crippen LogP contribution in [0, 0.1) is 12.7 Å². The third-order valence-electron chi connectivity index (χ3n) is 6.67. The number of hydrogen-bond donors (Lipinski definition) is 2. The summed E-state index contributed by atoms with van der Waals surface area (Å²) in [5, 5.41) is 18.1. The molecule has 2 N–H and O–H groups in total. The van der Waals surface area contributed by atoms with E-state index in [0.29, 0.717) is 41.3 Å². The molecule has 0 bridgehead atoms. The number of aryl methyl sites for hydroxylation is 1. The lowest BCUT2D eigenvalue weighted by atomic mass is 9.74. The lowest BCUT2D eigenvalue weighted by Gasteiger charge is -2.43. The maximum absolute atomic E-state index is 15.0. The molecule has 1 aromatic carbocycles. The van der Waals surface area contributed by atoms with Crippen LogP contribution in [0.2, 0.25) is 0 Å². The largest absolute Gasteiger partial charge is 0.479 e. The summed E-state index contributed by atoms with van der Waals surface area (Å²) in [6.45, 7) is 7.99. The van der Waals surface area contributed by atoms with Crippen LogP contribution in [0.3, 0.4) is 0 Å². The smallest absolute Gasteiger partial charge is 0.244 e. The van der Waals surface area contributed by atoms with Crippen molar-refractivity contribution in [2.24, 2.45) is 0 Å². The molecule has 1 saturated carbocycles. The summed E-state index contributed by atoms with van der Waals surface area (Å²) < 4.78 is 24.4. The van der Waals surface area contributed by atoms with E-state index in [9.17, 15) is 5.11 Å². The number of anilines is 1. The molecular formula is C24H29FN6O2. The minimum atomic E-state index is -0.601. The highest BCUT2D eigenvalue weighted by atomic mass is 19.1. The molecular weight excluding hydrogens is 423 g/mol. The molecule has 174 valence electrons. The van der Waals surface area contributed by atoms with Gasteiger partial charge in [-0.15, -0.1) is 5.10 Å². The van der Waals surface area contributed by atoms with E-state index in [1.54, 1.807) is 11.6 Å². The summed E-state index contributed by atoms with van der Waals surface area (Å²) in [6, 6.07) is 5.61. The van der Waals surface area contributed by atoms with Gasteiger partial charge in [0.1, 0.15) is 16.9 Å². The fourth-order valence-corrected chi connectivity index (χ4v) is 4.94. The number of fused-ring (bicyclic) bond motifs is 2. The number of benzene rings is 1. The van der Waals surface area contributed by atoms with E-state index in [-0.39, 0.29) is 17.9 Å². The van der Waals surface area contributed by atoms with Crippen molar-refractivity contribution in [3.63, 3.8) is 0 Å². The van der Waals surface area contributed by atoms with E-state index >= 15 is 4.39 Å². The van der Waals surface area contributed by atoms with Gasteiger partial charge in [0.15, 0.2) is 5.82 Å². The molecule has 0 aliphatic heterocycles. The Bertz CT molecular complexity index is 1350. The molecule has 0 saturated heterocycles. The number of ether oxygens (including phenoxy) is 1. The van der Waals surface area contributed by atoms with Crippen molar-refractivity contribution in [1.29, 1.82) is 0 Å². The molecule has 8 nitrogen and oxygen atoms in total.